The predicted octanol–water partition coefficient (Wildman–Crippen LogP) is 2.24. The zero-order valence-corrected chi connectivity index (χ0v) is 11.2. The summed E-state index contributed by atoms with van der Waals surface area (Å²) in [6, 6.07) is 5.50. The van der Waals surface area contributed by atoms with Crippen molar-refractivity contribution in [1.82, 2.24) is 4.98 Å². The van der Waals surface area contributed by atoms with E-state index in [1.165, 1.54) is 24.2 Å². The number of rotatable bonds is 5. The minimum Gasteiger partial charge on any atom is -0.399 e. The normalized spacial score (nSPS) is 14.7. The van der Waals surface area contributed by atoms with Gasteiger partial charge in [0.05, 0.1) is 16.8 Å². The number of nitrogens with one attached hydrogen (secondary N) is 1. The van der Waals surface area contributed by atoms with E-state index in [4.69, 9.17) is 10.5 Å². The number of carbonyl (C=O) groups is 1. The summed E-state index contributed by atoms with van der Waals surface area (Å²) in [7, 11) is 0. The van der Waals surface area contributed by atoms with Gasteiger partial charge in [-0.15, -0.1) is 0 Å². The Labute approximate surface area is 114 Å². The van der Waals surface area contributed by atoms with Crippen molar-refractivity contribution in [3.05, 3.63) is 18.2 Å². The van der Waals surface area contributed by atoms with Gasteiger partial charge in [0.1, 0.15) is 6.61 Å². The van der Waals surface area contributed by atoms with Crippen LogP contribution in [-0.4, -0.2) is 24.1 Å². The molecule has 1 heterocycles. The Balaban J connectivity index is 1.58. The van der Waals surface area contributed by atoms with Gasteiger partial charge in [0.2, 0.25) is 0 Å². The minimum atomic E-state index is -0.160. The number of nitrogen functional groups attached to an aromatic ring is 1. The van der Waals surface area contributed by atoms with Gasteiger partial charge in [0, 0.05) is 5.69 Å². The number of anilines is 2. The van der Waals surface area contributed by atoms with Crippen molar-refractivity contribution in [1.29, 1.82) is 0 Å². The van der Waals surface area contributed by atoms with Gasteiger partial charge in [-0.05, 0) is 37.0 Å². The summed E-state index contributed by atoms with van der Waals surface area (Å²) in [6.07, 6.45) is 2.45. The van der Waals surface area contributed by atoms with Crippen molar-refractivity contribution in [2.24, 2.45) is 5.92 Å². The molecule has 3 rings (SSSR count). The molecule has 19 heavy (non-hydrogen) atoms. The van der Waals surface area contributed by atoms with E-state index >= 15 is 0 Å². The molecule has 0 atom stereocenters. The second-order valence-electron chi connectivity index (χ2n) is 4.75. The molecule has 1 aliphatic carbocycles. The molecule has 1 aromatic heterocycles. The van der Waals surface area contributed by atoms with Crippen LogP contribution in [0.25, 0.3) is 10.2 Å². The van der Waals surface area contributed by atoms with E-state index in [2.05, 4.69) is 10.3 Å². The largest absolute Gasteiger partial charge is 0.399 e. The molecule has 100 valence electrons. The molecule has 0 aliphatic heterocycles. The van der Waals surface area contributed by atoms with Gasteiger partial charge in [0.25, 0.3) is 5.91 Å². The Morgan fingerprint density at radius 3 is 3.16 bits per heavy atom. The number of amides is 1. The van der Waals surface area contributed by atoms with Gasteiger partial charge in [-0.2, -0.15) is 0 Å². The number of thiazole rings is 1. The summed E-state index contributed by atoms with van der Waals surface area (Å²) < 4.78 is 6.30. The van der Waals surface area contributed by atoms with Crippen LogP contribution in [0.2, 0.25) is 0 Å². The highest BCUT2D eigenvalue weighted by molar-refractivity contribution is 7.22. The fourth-order valence-electron chi connectivity index (χ4n) is 1.75. The van der Waals surface area contributed by atoms with Crippen molar-refractivity contribution < 1.29 is 9.53 Å². The average molecular weight is 277 g/mol. The van der Waals surface area contributed by atoms with Crippen LogP contribution in [0.1, 0.15) is 12.8 Å². The Kier molecular flexibility index (Phi) is 3.35. The molecule has 1 aromatic carbocycles. The van der Waals surface area contributed by atoms with Crippen molar-refractivity contribution in [3.63, 3.8) is 0 Å². The number of carbonyl (C=O) groups excluding carboxylic acids is 1. The summed E-state index contributed by atoms with van der Waals surface area (Å²) in [5, 5.41) is 3.33. The van der Waals surface area contributed by atoms with Crippen LogP contribution in [0.3, 0.4) is 0 Å². The lowest BCUT2D eigenvalue weighted by molar-refractivity contribution is -0.120. The van der Waals surface area contributed by atoms with Crippen LogP contribution < -0.4 is 11.1 Å². The van der Waals surface area contributed by atoms with E-state index in [-0.39, 0.29) is 12.5 Å². The maximum atomic E-state index is 11.7. The number of ether oxygens (including phenoxy) is 1. The van der Waals surface area contributed by atoms with Crippen LogP contribution in [0.4, 0.5) is 10.8 Å². The standard InChI is InChI=1S/C13H15N3O2S/c14-9-3-4-10-11(5-9)19-13(15-10)16-12(17)7-18-6-8-1-2-8/h3-5,8H,1-2,6-7,14H2,(H,15,16,17). The first kappa shape index (κ1) is 12.4. The van der Waals surface area contributed by atoms with Crippen LogP contribution in [0, 0.1) is 5.92 Å². The summed E-state index contributed by atoms with van der Waals surface area (Å²) >= 11 is 1.41. The molecule has 1 saturated carbocycles. The summed E-state index contributed by atoms with van der Waals surface area (Å²) in [5.74, 6) is 0.505. The number of fused-ring (bicyclic) bond motifs is 1. The number of benzene rings is 1. The van der Waals surface area contributed by atoms with E-state index < -0.39 is 0 Å². The molecule has 2 aromatic rings. The zero-order chi connectivity index (χ0) is 13.2. The fourth-order valence-corrected chi connectivity index (χ4v) is 2.68. The Hall–Kier alpha value is -1.66. The minimum absolute atomic E-state index is 0.0918. The second-order valence-corrected chi connectivity index (χ2v) is 5.78. The van der Waals surface area contributed by atoms with E-state index in [9.17, 15) is 4.79 Å². The summed E-state index contributed by atoms with van der Waals surface area (Å²) in [4.78, 5) is 16.0. The second kappa shape index (κ2) is 5.14. The van der Waals surface area contributed by atoms with Gasteiger partial charge < -0.3 is 10.5 Å². The van der Waals surface area contributed by atoms with Gasteiger partial charge in [-0.1, -0.05) is 11.3 Å². The Bertz CT molecular complexity index is 607. The van der Waals surface area contributed by atoms with E-state index in [1.807, 2.05) is 12.1 Å². The maximum Gasteiger partial charge on any atom is 0.252 e. The van der Waals surface area contributed by atoms with Gasteiger partial charge in [-0.25, -0.2) is 4.98 Å². The molecule has 5 nitrogen and oxygen atoms in total. The first-order valence-corrected chi connectivity index (χ1v) is 7.06. The predicted molar refractivity (Wildman–Crippen MR) is 76.2 cm³/mol. The highest BCUT2D eigenvalue weighted by Gasteiger charge is 2.21. The lowest BCUT2D eigenvalue weighted by Crippen LogP contribution is -2.18. The third-order valence-electron chi connectivity index (χ3n) is 2.94. The zero-order valence-electron chi connectivity index (χ0n) is 10.4. The molecule has 0 saturated heterocycles. The number of nitrogens with two attached hydrogens (primary N) is 1. The molecular formula is C13H15N3O2S. The molecule has 1 fully saturated rings. The van der Waals surface area contributed by atoms with E-state index in [0.717, 1.165) is 10.2 Å². The van der Waals surface area contributed by atoms with E-state index in [0.29, 0.717) is 23.3 Å². The topological polar surface area (TPSA) is 77.2 Å². The van der Waals surface area contributed by atoms with Crippen molar-refractivity contribution in [2.75, 3.05) is 24.3 Å². The highest BCUT2D eigenvalue weighted by Crippen LogP contribution is 2.29. The Morgan fingerprint density at radius 1 is 1.53 bits per heavy atom. The summed E-state index contributed by atoms with van der Waals surface area (Å²) in [6.45, 7) is 0.776. The lowest BCUT2D eigenvalue weighted by Gasteiger charge is -2.02. The Morgan fingerprint density at radius 2 is 2.37 bits per heavy atom. The van der Waals surface area contributed by atoms with Crippen molar-refractivity contribution in [3.8, 4) is 0 Å². The number of nitrogens with zero attached hydrogens (tertiary/aromatic N) is 1. The fraction of sp³-hybridized carbons (Fsp3) is 0.385. The number of aromatic nitrogens is 1. The van der Waals surface area contributed by atoms with Crippen LogP contribution in [-0.2, 0) is 9.53 Å². The average Bonchev–Trinajstić information content (AvgIpc) is 3.09. The van der Waals surface area contributed by atoms with Crippen molar-refractivity contribution >= 4 is 38.3 Å². The molecule has 0 radical (unpaired) electrons. The molecule has 0 unspecified atom stereocenters. The molecule has 1 aliphatic rings. The summed E-state index contributed by atoms with van der Waals surface area (Å²) in [5.41, 5.74) is 7.24. The van der Waals surface area contributed by atoms with Crippen LogP contribution >= 0.6 is 11.3 Å². The van der Waals surface area contributed by atoms with E-state index in [1.54, 1.807) is 6.07 Å². The smallest absolute Gasteiger partial charge is 0.252 e. The molecular weight excluding hydrogens is 262 g/mol. The maximum absolute atomic E-state index is 11.7. The third kappa shape index (κ3) is 3.21. The molecule has 1 amide bonds. The monoisotopic (exact) mass is 277 g/mol. The first-order chi connectivity index (χ1) is 9.20. The lowest BCUT2D eigenvalue weighted by atomic mass is 10.3. The number of hydrogen-bond donors (Lipinski definition) is 2. The molecule has 0 spiro atoms. The van der Waals surface area contributed by atoms with Gasteiger partial charge in [0.15, 0.2) is 5.13 Å². The van der Waals surface area contributed by atoms with Crippen LogP contribution in [0.5, 0.6) is 0 Å². The highest BCUT2D eigenvalue weighted by atomic mass is 32.1. The van der Waals surface area contributed by atoms with Crippen molar-refractivity contribution in [2.45, 2.75) is 12.8 Å². The molecule has 6 heteroatoms. The molecule has 3 N–H and O–H groups in total. The van der Waals surface area contributed by atoms with Gasteiger partial charge in [-0.3, -0.25) is 10.1 Å². The van der Waals surface area contributed by atoms with Gasteiger partial charge >= 0.3 is 0 Å². The molecule has 0 bridgehead atoms. The number of hydrogen-bond acceptors (Lipinski definition) is 5. The third-order valence-corrected chi connectivity index (χ3v) is 3.88. The van der Waals surface area contributed by atoms with Crippen LogP contribution in [0.15, 0.2) is 18.2 Å². The first-order valence-electron chi connectivity index (χ1n) is 6.24. The quantitative estimate of drug-likeness (QED) is 0.822. The SMILES string of the molecule is Nc1ccc2nc(NC(=O)COCC3CC3)sc2c1.